The average molecular weight is 194 g/mol. The molecule has 2 aromatic heterocycles. The summed E-state index contributed by atoms with van der Waals surface area (Å²) in [5.41, 5.74) is 0. The molecule has 0 N–H and O–H groups in total. The van der Waals surface area contributed by atoms with Gasteiger partial charge < -0.3 is 8.98 Å². The Labute approximate surface area is 81.8 Å². The molecule has 13 heavy (non-hydrogen) atoms. The number of furan rings is 1. The van der Waals surface area contributed by atoms with E-state index in [4.69, 9.17) is 4.42 Å². The van der Waals surface area contributed by atoms with Gasteiger partial charge in [-0.2, -0.15) is 12.6 Å². The monoisotopic (exact) mass is 194 g/mol. The van der Waals surface area contributed by atoms with E-state index in [0.29, 0.717) is 0 Å². The van der Waals surface area contributed by atoms with Gasteiger partial charge in [-0.15, -0.1) is 0 Å². The molecule has 0 radical (unpaired) electrons. The summed E-state index contributed by atoms with van der Waals surface area (Å²) in [6, 6.07) is 3.74. The molecule has 3 nitrogen and oxygen atoms in total. The molecule has 2 heterocycles. The molecular weight excluding hydrogens is 184 g/mol. The van der Waals surface area contributed by atoms with Crippen molar-refractivity contribution in [2.24, 2.45) is 7.05 Å². The topological polar surface area (TPSA) is 31.0 Å². The van der Waals surface area contributed by atoms with Crippen molar-refractivity contribution in [3.05, 3.63) is 42.4 Å². The molecule has 0 fully saturated rings. The third-order valence-electron chi connectivity index (χ3n) is 1.92. The van der Waals surface area contributed by atoms with E-state index in [1.807, 2.05) is 29.9 Å². The fourth-order valence-corrected chi connectivity index (χ4v) is 1.61. The van der Waals surface area contributed by atoms with Gasteiger partial charge in [0.05, 0.1) is 6.26 Å². The van der Waals surface area contributed by atoms with Gasteiger partial charge in [-0.3, -0.25) is 0 Å². The Morgan fingerprint density at radius 1 is 1.62 bits per heavy atom. The molecule has 1 atom stereocenters. The predicted octanol–water partition coefficient (Wildman–Crippen LogP) is 2.03. The zero-order chi connectivity index (χ0) is 9.26. The van der Waals surface area contributed by atoms with Crippen LogP contribution in [0.4, 0.5) is 0 Å². The van der Waals surface area contributed by atoms with Crippen LogP contribution < -0.4 is 0 Å². The van der Waals surface area contributed by atoms with Crippen LogP contribution in [0.15, 0.2) is 35.2 Å². The highest BCUT2D eigenvalue weighted by Gasteiger charge is 2.15. The molecule has 0 aliphatic carbocycles. The standard InChI is InChI=1S/C9H10N2OS/c1-11-5-4-10-9(11)8(13)7-3-2-6-12-7/h2-6,8,13H,1H3. The van der Waals surface area contributed by atoms with Gasteiger partial charge in [0.2, 0.25) is 0 Å². The molecule has 0 aliphatic heterocycles. The summed E-state index contributed by atoms with van der Waals surface area (Å²) in [6.07, 6.45) is 5.28. The van der Waals surface area contributed by atoms with Gasteiger partial charge in [-0.05, 0) is 12.1 Å². The summed E-state index contributed by atoms with van der Waals surface area (Å²) in [5.74, 6) is 1.70. The van der Waals surface area contributed by atoms with Crippen molar-refractivity contribution in [2.75, 3.05) is 0 Å². The van der Waals surface area contributed by atoms with E-state index in [9.17, 15) is 0 Å². The van der Waals surface area contributed by atoms with Crippen molar-refractivity contribution >= 4 is 12.6 Å². The molecule has 2 aromatic rings. The molecule has 0 aromatic carbocycles. The Bertz CT molecular complexity index is 380. The Balaban J connectivity index is 2.33. The lowest BCUT2D eigenvalue weighted by Crippen LogP contribution is -2.00. The van der Waals surface area contributed by atoms with E-state index in [2.05, 4.69) is 17.6 Å². The highest BCUT2D eigenvalue weighted by Crippen LogP contribution is 2.26. The number of thiol groups is 1. The second-order valence-corrected chi connectivity index (χ2v) is 3.33. The lowest BCUT2D eigenvalue weighted by Gasteiger charge is -2.06. The minimum absolute atomic E-state index is 0.0880. The maximum atomic E-state index is 5.24. The minimum Gasteiger partial charge on any atom is -0.468 e. The predicted molar refractivity (Wildman–Crippen MR) is 52.7 cm³/mol. The first kappa shape index (κ1) is 8.44. The van der Waals surface area contributed by atoms with Crippen LogP contribution in [0.5, 0.6) is 0 Å². The molecule has 2 rings (SSSR count). The van der Waals surface area contributed by atoms with E-state index in [-0.39, 0.29) is 5.25 Å². The van der Waals surface area contributed by atoms with Crippen LogP contribution in [-0.2, 0) is 7.05 Å². The molecule has 0 spiro atoms. The summed E-state index contributed by atoms with van der Waals surface area (Å²) in [6.45, 7) is 0. The molecule has 4 heteroatoms. The maximum absolute atomic E-state index is 5.24. The maximum Gasteiger partial charge on any atom is 0.129 e. The summed E-state index contributed by atoms with van der Waals surface area (Å²) < 4.78 is 7.18. The first-order valence-corrected chi connectivity index (χ1v) is 4.49. The second-order valence-electron chi connectivity index (χ2n) is 2.81. The first-order valence-electron chi connectivity index (χ1n) is 3.97. The van der Waals surface area contributed by atoms with Crippen LogP contribution in [0, 0.1) is 0 Å². The Hall–Kier alpha value is -1.16. The Morgan fingerprint density at radius 3 is 3.00 bits per heavy atom. The summed E-state index contributed by atoms with van der Waals surface area (Å²) >= 11 is 4.43. The van der Waals surface area contributed by atoms with Gasteiger partial charge in [0, 0.05) is 19.4 Å². The number of rotatable bonds is 2. The summed E-state index contributed by atoms with van der Waals surface area (Å²) in [7, 11) is 1.94. The van der Waals surface area contributed by atoms with Crippen molar-refractivity contribution in [1.82, 2.24) is 9.55 Å². The molecule has 1 unspecified atom stereocenters. The largest absolute Gasteiger partial charge is 0.468 e. The minimum atomic E-state index is -0.0880. The summed E-state index contributed by atoms with van der Waals surface area (Å²) in [5, 5.41) is -0.0880. The van der Waals surface area contributed by atoms with Gasteiger partial charge >= 0.3 is 0 Å². The zero-order valence-electron chi connectivity index (χ0n) is 7.21. The molecule has 0 bridgehead atoms. The molecule has 0 saturated heterocycles. The van der Waals surface area contributed by atoms with Crippen molar-refractivity contribution in [1.29, 1.82) is 0 Å². The SMILES string of the molecule is Cn1ccnc1C(S)c1ccco1. The Morgan fingerprint density at radius 2 is 2.46 bits per heavy atom. The van der Waals surface area contributed by atoms with E-state index in [1.165, 1.54) is 0 Å². The van der Waals surface area contributed by atoms with Crippen LogP contribution in [-0.4, -0.2) is 9.55 Å². The zero-order valence-corrected chi connectivity index (χ0v) is 8.11. The third-order valence-corrected chi connectivity index (χ3v) is 2.40. The van der Waals surface area contributed by atoms with Gasteiger partial charge in [0.1, 0.15) is 16.8 Å². The van der Waals surface area contributed by atoms with Crippen molar-refractivity contribution in [3.63, 3.8) is 0 Å². The fraction of sp³-hybridized carbons (Fsp3) is 0.222. The van der Waals surface area contributed by atoms with Crippen LogP contribution in [0.1, 0.15) is 16.8 Å². The summed E-state index contributed by atoms with van der Waals surface area (Å²) in [4.78, 5) is 4.20. The van der Waals surface area contributed by atoms with Crippen LogP contribution in [0.25, 0.3) is 0 Å². The molecule has 68 valence electrons. The first-order chi connectivity index (χ1) is 6.29. The molecule has 0 saturated carbocycles. The van der Waals surface area contributed by atoms with Crippen LogP contribution >= 0.6 is 12.6 Å². The lowest BCUT2D eigenvalue weighted by atomic mass is 10.3. The van der Waals surface area contributed by atoms with Crippen LogP contribution in [0.2, 0.25) is 0 Å². The number of imidazole rings is 1. The van der Waals surface area contributed by atoms with E-state index >= 15 is 0 Å². The average Bonchev–Trinajstić information content (AvgIpc) is 2.72. The highest BCUT2D eigenvalue weighted by molar-refractivity contribution is 7.80. The van der Waals surface area contributed by atoms with E-state index < -0.39 is 0 Å². The molecule has 0 aliphatic rings. The fourth-order valence-electron chi connectivity index (χ4n) is 1.21. The van der Waals surface area contributed by atoms with Crippen molar-refractivity contribution < 1.29 is 4.42 Å². The smallest absolute Gasteiger partial charge is 0.129 e. The van der Waals surface area contributed by atoms with Gasteiger partial charge in [0.25, 0.3) is 0 Å². The number of nitrogens with zero attached hydrogens (tertiary/aromatic N) is 2. The number of hydrogen-bond donors (Lipinski definition) is 1. The quantitative estimate of drug-likeness (QED) is 0.742. The van der Waals surface area contributed by atoms with E-state index in [1.54, 1.807) is 12.5 Å². The highest BCUT2D eigenvalue weighted by atomic mass is 32.1. The second kappa shape index (κ2) is 3.30. The van der Waals surface area contributed by atoms with E-state index in [0.717, 1.165) is 11.6 Å². The lowest BCUT2D eigenvalue weighted by molar-refractivity contribution is 0.512. The normalized spacial score (nSPS) is 13.1. The number of hydrogen-bond acceptors (Lipinski definition) is 3. The number of aryl methyl sites for hydroxylation is 1. The number of aromatic nitrogens is 2. The van der Waals surface area contributed by atoms with Crippen molar-refractivity contribution in [2.45, 2.75) is 5.25 Å². The van der Waals surface area contributed by atoms with Crippen LogP contribution in [0.3, 0.4) is 0 Å². The van der Waals surface area contributed by atoms with Gasteiger partial charge in [-0.25, -0.2) is 4.98 Å². The van der Waals surface area contributed by atoms with Gasteiger partial charge in [-0.1, -0.05) is 0 Å². The van der Waals surface area contributed by atoms with Crippen molar-refractivity contribution in [3.8, 4) is 0 Å². The molecular formula is C9H10N2OS. The van der Waals surface area contributed by atoms with Gasteiger partial charge in [0.15, 0.2) is 0 Å². The molecule has 0 amide bonds. The third kappa shape index (κ3) is 1.49. The Kier molecular flexibility index (Phi) is 2.14.